The zero-order valence-electron chi connectivity index (χ0n) is 11.3. The lowest BCUT2D eigenvalue weighted by Gasteiger charge is -2.32. The van der Waals surface area contributed by atoms with Gasteiger partial charge >= 0.3 is 5.91 Å². The molecule has 0 aliphatic heterocycles. The Balaban J connectivity index is 3.13. The lowest BCUT2D eigenvalue weighted by Crippen LogP contribution is -2.49. The van der Waals surface area contributed by atoms with Gasteiger partial charge in [0.25, 0.3) is 0 Å². The molecule has 98 valence electrons. The van der Waals surface area contributed by atoms with Gasteiger partial charge in [-0.1, -0.05) is 0 Å². The van der Waals surface area contributed by atoms with E-state index in [1.165, 1.54) is 0 Å². The normalized spacial score (nSPS) is 14.1. The zero-order valence-corrected chi connectivity index (χ0v) is 13.3. The third-order valence-corrected chi connectivity index (χ3v) is 3.81. The Hall–Kier alpha value is -0.693. The molecule has 0 aliphatic carbocycles. The van der Waals surface area contributed by atoms with Gasteiger partial charge in [0.05, 0.1) is 6.54 Å². The van der Waals surface area contributed by atoms with E-state index in [9.17, 15) is 0 Å². The molecule has 0 saturated carbocycles. The molecule has 0 N–H and O–H groups in total. The number of nitrogens with zero attached hydrogens (tertiary/aromatic N) is 2. The van der Waals surface area contributed by atoms with Crippen LogP contribution in [0.25, 0.3) is 0 Å². The van der Waals surface area contributed by atoms with Gasteiger partial charge in [-0.15, -0.1) is 0 Å². The van der Waals surface area contributed by atoms with Crippen LogP contribution in [-0.4, -0.2) is 42.2 Å². The van der Waals surface area contributed by atoms with Crippen molar-refractivity contribution in [3.05, 3.63) is 18.7 Å². The molecule has 0 fully saturated rings. The van der Waals surface area contributed by atoms with Crippen molar-refractivity contribution in [2.24, 2.45) is 0 Å². The minimum atomic E-state index is -0.878. The summed E-state index contributed by atoms with van der Waals surface area (Å²) in [4.78, 5) is 0. The monoisotopic (exact) mass is 259 g/mol. The molecule has 0 bridgehead atoms. The summed E-state index contributed by atoms with van der Waals surface area (Å²) in [6, 6.07) is 0.933. The van der Waals surface area contributed by atoms with E-state index in [0.29, 0.717) is 0 Å². The van der Waals surface area contributed by atoms with Crippen molar-refractivity contribution in [2.45, 2.75) is 31.5 Å². The van der Waals surface area contributed by atoms with Gasteiger partial charge < -0.3 is 14.2 Å². The second kappa shape index (κ2) is 6.30. The van der Waals surface area contributed by atoms with Gasteiger partial charge in [0.1, 0.15) is 12.4 Å². The van der Waals surface area contributed by atoms with Crippen LogP contribution in [0.3, 0.4) is 0 Å². The molecule has 1 aromatic rings. The average molecular weight is 259 g/mol. The molecule has 0 amide bonds. The van der Waals surface area contributed by atoms with Crippen LogP contribution in [-0.2, 0) is 26.7 Å². The summed E-state index contributed by atoms with van der Waals surface area (Å²) in [5.41, 5.74) is 0. The highest BCUT2D eigenvalue weighted by atomic mass is 28.1. The predicted molar refractivity (Wildman–Crippen MR) is 67.8 cm³/mol. The highest BCUT2D eigenvalue weighted by Crippen LogP contribution is 2.26. The van der Waals surface area contributed by atoms with Crippen LogP contribution >= 0.6 is 0 Å². The number of hydrogen-bond donors (Lipinski definition) is 0. The first-order valence-electron chi connectivity index (χ1n) is 5.89. The van der Waals surface area contributed by atoms with Crippen molar-refractivity contribution < 1.29 is 18.8 Å². The molecule has 17 heavy (non-hydrogen) atoms. The smallest absolute Gasteiger partial charge is 0.353 e. The van der Waals surface area contributed by atoms with Crippen LogP contribution in [0.15, 0.2) is 18.7 Å². The molecule has 0 aromatic carbocycles. The first-order valence-corrected chi connectivity index (χ1v) is 7.30. The van der Waals surface area contributed by atoms with Crippen LogP contribution in [0.5, 0.6) is 0 Å². The number of imidazole rings is 1. The van der Waals surface area contributed by atoms with Gasteiger partial charge in [0.2, 0.25) is 6.33 Å². The minimum Gasteiger partial charge on any atom is -0.371 e. The fraction of sp³-hybridized carbons (Fsp3) is 0.727. The molecular formula is C11H23N2O3Si+. The first kappa shape index (κ1) is 14.4. The van der Waals surface area contributed by atoms with Crippen LogP contribution in [0, 0.1) is 0 Å². The number of rotatable bonds is 7. The molecule has 1 atom stereocenters. The van der Waals surface area contributed by atoms with Gasteiger partial charge in [-0.3, -0.25) is 0 Å². The number of aryl methyl sites for hydroxylation is 1. The summed E-state index contributed by atoms with van der Waals surface area (Å²) < 4.78 is 20.7. The fourth-order valence-electron chi connectivity index (χ4n) is 2.06. The molecule has 0 saturated heterocycles. The Morgan fingerprint density at radius 1 is 1.35 bits per heavy atom. The van der Waals surface area contributed by atoms with Gasteiger partial charge in [-0.25, -0.2) is 4.57 Å². The minimum absolute atomic E-state index is 0.109. The second-order valence-electron chi connectivity index (χ2n) is 3.82. The van der Waals surface area contributed by atoms with Gasteiger partial charge in [-0.05, 0) is 13.0 Å². The van der Waals surface area contributed by atoms with E-state index < -0.39 is 5.91 Å². The highest BCUT2D eigenvalue weighted by molar-refractivity contribution is 6.08. The summed E-state index contributed by atoms with van der Waals surface area (Å²) in [5, 5.41) is 0. The molecule has 1 aromatic heterocycles. The van der Waals surface area contributed by atoms with E-state index in [0.717, 1.165) is 22.8 Å². The van der Waals surface area contributed by atoms with Crippen molar-refractivity contribution in [3.63, 3.8) is 0 Å². The zero-order chi connectivity index (χ0) is 12.9. The SMILES string of the molecule is CC[n+]1ccn(C(OC)(OC)C(C[SiH3])OC)c1. The largest absolute Gasteiger partial charge is 0.371 e. The van der Waals surface area contributed by atoms with E-state index >= 15 is 0 Å². The summed E-state index contributed by atoms with van der Waals surface area (Å²) in [7, 11) is 6.00. The highest BCUT2D eigenvalue weighted by Gasteiger charge is 2.46. The lowest BCUT2D eigenvalue weighted by molar-refractivity contribution is -0.694. The van der Waals surface area contributed by atoms with Crippen molar-refractivity contribution in [2.75, 3.05) is 21.3 Å². The Morgan fingerprint density at radius 2 is 2.00 bits per heavy atom. The van der Waals surface area contributed by atoms with Crippen molar-refractivity contribution in [1.29, 1.82) is 0 Å². The van der Waals surface area contributed by atoms with Crippen LogP contribution in [0.1, 0.15) is 6.92 Å². The third-order valence-electron chi connectivity index (χ3n) is 3.06. The van der Waals surface area contributed by atoms with Crippen LogP contribution in [0.4, 0.5) is 0 Å². The number of aromatic nitrogens is 2. The molecule has 0 aliphatic rings. The third kappa shape index (κ3) is 2.60. The van der Waals surface area contributed by atoms with E-state index in [4.69, 9.17) is 14.2 Å². The Labute approximate surface area is 106 Å². The summed E-state index contributed by atoms with van der Waals surface area (Å²) >= 11 is 0. The maximum absolute atomic E-state index is 5.60. The quantitative estimate of drug-likeness (QED) is 0.376. The predicted octanol–water partition coefficient (Wildman–Crippen LogP) is -0.503. The number of ether oxygens (including phenoxy) is 3. The van der Waals surface area contributed by atoms with E-state index in [2.05, 4.69) is 11.5 Å². The first-order chi connectivity index (χ1) is 8.18. The van der Waals surface area contributed by atoms with Gasteiger partial charge in [-0.2, -0.15) is 4.57 Å². The summed E-state index contributed by atoms with van der Waals surface area (Å²) in [5.74, 6) is -0.878. The van der Waals surface area contributed by atoms with Crippen LogP contribution in [0.2, 0.25) is 6.04 Å². The number of methoxy groups -OCH3 is 3. The molecule has 1 rings (SSSR count). The Kier molecular flexibility index (Phi) is 5.32. The Morgan fingerprint density at radius 3 is 2.35 bits per heavy atom. The van der Waals surface area contributed by atoms with E-state index in [1.807, 2.05) is 23.3 Å². The number of hydrogen-bond acceptors (Lipinski definition) is 3. The standard InChI is InChI=1S/C11H23N2O3Si/c1-5-12-6-7-13(9-12)11(15-3,16-4)10(8-17)14-2/h6-7,9-10H,5,8H2,1-4,17H3/q+1. The van der Waals surface area contributed by atoms with Gasteiger partial charge in [0.15, 0.2) is 6.10 Å². The molecule has 6 heteroatoms. The molecule has 0 spiro atoms. The topological polar surface area (TPSA) is 36.5 Å². The second-order valence-corrected chi connectivity index (χ2v) is 4.64. The molecule has 1 heterocycles. The fourth-order valence-corrected chi connectivity index (χ4v) is 2.91. The summed E-state index contributed by atoms with van der Waals surface area (Å²) in [6.07, 6.45) is 5.80. The van der Waals surface area contributed by atoms with Crippen molar-refractivity contribution >= 4 is 10.2 Å². The lowest BCUT2D eigenvalue weighted by atomic mass is 10.3. The molecule has 1 unspecified atom stereocenters. The van der Waals surface area contributed by atoms with E-state index in [-0.39, 0.29) is 6.10 Å². The average Bonchev–Trinajstić information content (AvgIpc) is 2.85. The Bertz CT molecular complexity index is 335. The molecule has 0 radical (unpaired) electrons. The van der Waals surface area contributed by atoms with Crippen LogP contribution < -0.4 is 4.57 Å². The maximum atomic E-state index is 5.60. The van der Waals surface area contributed by atoms with Crippen molar-refractivity contribution in [3.8, 4) is 0 Å². The van der Waals surface area contributed by atoms with Gasteiger partial charge in [0, 0.05) is 31.6 Å². The van der Waals surface area contributed by atoms with Crippen molar-refractivity contribution in [1.82, 2.24) is 4.57 Å². The molecule has 5 nitrogen and oxygen atoms in total. The maximum Gasteiger partial charge on any atom is 0.353 e. The summed E-state index contributed by atoms with van der Waals surface area (Å²) in [6.45, 7) is 3.00. The van der Waals surface area contributed by atoms with E-state index in [1.54, 1.807) is 21.3 Å². The molecular weight excluding hydrogens is 236 g/mol.